The second-order valence-electron chi connectivity index (χ2n) is 4.09. The highest BCUT2D eigenvalue weighted by Gasteiger charge is 2.16. The van der Waals surface area contributed by atoms with Gasteiger partial charge in [-0.25, -0.2) is 4.39 Å². The van der Waals surface area contributed by atoms with Gasteiger partial charge in [-0.05, 0) is 23.8 Å². The summed E-state index contributed by atoms with van der Waals surface area (Å²) < 4.78 is 18.8. The standard InChI is InChI=1S/C13H10BCl2FO3/c15-11-3-2-9(6-12(11)16)20-7-8-1-4-13(17)10(5-8)14(18)19/h1-6,18-19H,7H2. The fraction of sp³-hybridized carbons (Fsp3) is 0.0769. The smallest absolute Gasteiger partial charge is 0.489 e. The highest BCUT2D eigenvalue weighted by molar-refractivity contribution is 6.58. The summed E-state index contributed by atoms with van der Waals surface area (Å²) in [6.45, 7) is 0.137. The van der Waals surface area contributed by atoms with Gasteiger partial charge in [0, 0.05) is 11.5 Å². The largest absolute Gasteiger partial charge is 0.491 e. The van der Waals surface area contributed by atoms with Crippen molar-refractivity contribution in [2.45, 2.75) is 6.61 Å². The fourth-order valence-electron chi connectivity index (χ4n) is 1.61. The first-order valence-electron chi connectivity index (χ1n) is 5.69. The minimum atomic E-state index is -1.86. The van der Waals surface area contributed by atoms with E-state index in [1.165, 1.54) is 12.1 Å². The van der Waals surface area contributed by atoms with Crippen LogP contribution < -0.4 is 10.2 Å². The summed E-state index contributed by atoms with van der Waals surface area (Å²) in [7, 11) is -1.86. The Kier molecular flexibility index (Phi) is 4.88. The molecule has 0 heterocycles. The summed E-state index contributed by atoms with van der Waals surface area (Å²) >= 11 is 11.6. The Morgan fingerprint density at radius 2 is 1.80 bits per heavy atom. The molecular formula is C13H10BCl2FO3. The first-order chi connectivity index (χ1) is 9.47. The van der Waals surface area contributed by atoms with Crippen LogP contribution >= 0.6 is 23.2 Å². The molecule has 2 aromatic rings. The van der Waals surface area contributed by atoms with Gasteiger partial charge in [-0.15, -0.1) is 0 Å². The predicted octanol–water partition coefficient (Wildman–Crippen LogP) is 2.39. The monoisotopic (exact) mass is 314 g/mol. The Morgan fingerprint density at radius 1 is 1.05 bits per heavy atom. The van der Waals surface area contributed by atoms with E-state index in [-0.39, 0.29) is 12.1 Å². The molecule has 0 unspecified atom stereocenters. The lowest BCUT2D eigenvalue weighted by molar-refractivity contribution is 0.306. The first kappa shape index (κ1) is 15.1. The third-order valence-electron chi connectivity index (χ3n) is 2.64. The van der Waals surface area contributed by atoms with Gasteiger partial charge in [0.25, 0.3) is 0 Å². The van der Waals surface area contributed by atoms with Crippen LogP contribution in [0.5, 0.6) is 5.75 Å². The molecule has 3 nitrogen and oxygen atoms in total. The number of benzene rings is 2. The van der Waals surface area contributed by atoms with E-state index in [9.17, 15) is 4.39 Å². The molecule has 20 heavy (non-hydrogen) atoms. The van der Waals surface area contributed by atoms with Crippen molar-refractivity contribution >= 4 is 35.8 Å². The third kappa shape index (κ3) is 3.64. The number of halogens is 3. The number of hydrogen-bond acceptors (Lipinski definition) is 3. The van der Waals surface area contributed by atoms with Crippen LogP contribution in [0.3, 0.4) is 0 Å². The Bertz CT molecular complexity index is 623. The van der Waals surface area contributed by atoms with Crippen molar-refractivity contribution in [1.82, 2.24) is 0 Å². The van der Waals surface area contributed by atoms with Crippen LogP contribution in [0.15, 0.2) is 36.4 Å². The normalized spacial score (nSPS) is 10.4. The molecule has 0 amide bonds. The molecule has 0 spiro atoms. The fourth-order valence-corrected chi connectivity index (χ4v) is 1.90. The molecule has 0 atom stereocenters. The molecule has 2 N–H and O–H groups in total. The van der Waals surface area contributed by atoms with Gasteiger partial charge in [0.05, 0.1) is 10.0 Å². The summed E-state index contributed by atoms with van der Waals surface area (Å²) in [5, 5.41) is 18.8. The number of hydrogen-bond donors (Lipinski definition) is 2. The van der Waals surface area contributed by atoms with Gasteiger partial charge in [0.15, 0.2) is 0 Å². The van der Waals surface area contributed by atoms with Gasteiger partial charge < -0.3 is 14.8 Å². The maximum atomic E-state index is 13.3. The highest BCUT2D eigenvalue weighted by atomic mass is 35.5. The molecule has 2 aromatic carbocycles. The molecule has 0 saturated carbocycles. The van der Waals surface area contributed by atoms with Crippen LogP contribution in [-0.2, 0) is 6.61 Å². The van der Waals surface area contributed by atoms with Crippen LogP contribution in [0.2, 0.25) is 10.0 Å². The van der Waals surface area contributed by atoms with E-state index in [1.54, 1.807) is 18.2 Å². The molecule has 0 aliphatic heterocycles. The third-order valence-corrected chi connectivity index (χ3v) is 3.37. The second kappa shape index (κ2) is 6.46. The van der Waals surface area contributed by atoms with Crippen molar-refractivity contribution in [2.24, 2.45) is 0 Å². The van der Waals surface area contributed by atoms with Crippen LogP contribution in [-0.4, -0.2) is 17.2 Å². The van der Waals surface area contributed by atoms with E-state index < -0.39 is 12.9 Å². The zero-order chi connectivity index (χ0) is 14.7. The van der Waals surface area contributed by atoms with E-state index in [0.717, 1.165) is 6.07 Å². The molecular weight excluding hydrogens is 305 g/mol. The summed E-state index contributed by atoms with van der Waals surface area (Å²) in [4.78, 5) is 0. The highest BCUT2D eigenvalue weighted by Crippen LogP contribution is 2.26. The molecule has 0 saturated heterocycles. The first-order valence-corrected chi connectivity index (χ1v) is 6.45. The van der Waals surface area contributed by atoms with Crippen molar-refractivity contribution < 1.29 is 19.2 Å². The molecule has 0 aliphatic rings. The Hall–Kier alpha value is -1.27. The maximum absolute atomic E-state index is 13.3. The average Bonchev–Trinajstić information content (AvgIpc) is 2.41. The SMILES string of the molecule is OB(O)c1cc(COc2ccc(Cl)c(Cl)c2)ccc1F. The van der Waals surface area contributed by atoms with E-state index >= 15 is 0 Å². The molecule has 0 fully saturated rings. The average molecular weight is 315 g/mol. The second-order valence-corrected chi connectivity index (χ2v) is 4.91. The van der Waals surface area contributed by atoms with Gasteiger partial charge >= 0.3 is 7.12 Å². The molecule has 0 aromatic heterocycles. The summed E-state index contributed by atoms with van der Waals surface area (Å²) in [6, 6.07) is 8.81. The number of rotatable bonds is 4. The Labute approximate surface area is 125 Å². The van der Waals surface area contributed by atoms with Crippen molar-refractivity contribution in [3.63, 3.8) is 0 Å². The topological polar surface area (TPSA) is 49.7 Å². The molecule has 7 heteroatoms. The minimum absolute atomic E-state index is 0.137. The lowest BCUT2D eigenvalue weighted by Crippen LogP contribution is -2.33. The zero-order valence-corrected chi connectivity index (χ0v) is 11.7. The van der Waals surface area contributed by atoms with Gasteiger partial charge in [-0.1, -0.05) is 35.3 Å². The van der Waals surface area contributed by atoms with Crippen LogP contribution in [0.25, 0.3) is 0 Å². The zero-order valence-electron chi connectivity index (χ0n) is 10.2. The van der Waals surface area contributed by atoms with Crippen molar-refractivity contribution in [1.29, 1.82) is 0 Å². The van der Waals surface area contributed by atoms with E-state index in [2.05, 4.69) is 0 Å². The van der Waals surface area contributed by atoms with Gasteiger partial charge in [-0.3, -0.25) is 0 Å². The number of ether oxygens (including phenoxy) is 1. The lowest BCUT2D eigenvalue weighted by Gasteiger charge is -2.09. The van der Waals surface area contributed by atoms with Crippen molar-refractivity contribution in [3.05, 3.63) is 57.8 Å². The van der Waals surface area contributed by atoms with Crippen LogP contribution in [0, 0.1) is 5.82 Å². The van der Waals surface area contributed by atoms with E-state index in [4.69, 9.17) is 38.0 Å². The molecule has 2 rings (SSSR count). The van der Waals surface area contributed by atoms with Crippen molar-refractivity contribution in [2.75, 3.05) is 0 Å². The molecule has 0 radical (unpaired) electrons. The maximum Gasteiger partial charge on any atom is 0.491 e. The van der Waals surface area contributed by atoms with Gasteiger partial charge in [-0.2, -0.15) is 0 Å². The van der Waals surface area contributed by atoms with E-state index in [0.29, 0.717) is 21.4 Å². The van der Waals surface area contributed by atoms with Crippen LogP contribution in [0.1, 0.15) is 5.56 Å². The summed E-state index contributed by atoms with van der Waals surface area (Å²) in [5.74, 6) is -0.173. The molecule has 0 aliphatic carbocycles. The van der Waals surface area contributed by atoms with E-state index in [1.807, 2.05) is 0 Å². The minimum Gasteiger partial charge on any atom is -0.489 e. The molecule has 104 valence electrons. The van der Waals surface area contributed by atoms with Crippen molar-refractivity contribution in [3.8, 4) is 5.75 Å². The summed E-state index contributed by atoms with van der Waals surface area (Å²) in [6.07, 6.45) is 0. The Balaban J connectivity index is 2.10. The molecule has 0 bridgehead atoms. The summed E-state index contributed by atoms with van der Waals surface area (Å²) in [5.41, 5.74) is 0.404. The lowest BCUT2D eigenvalue weighted by atomic mass is 9.79. The van der Waals surface area contributed by atoms with Gasteiger partial charge in [0.2, 0.25) is 0 Å². The predicted molar refractivity (Wildman–Crippen MR) is 77.0 cm³/mol. The quantitative estimate of drug-likeness (QED) is 0.852. The van der Waals surface area contributed by atoms with Gasteiger partial charge in [0.1, 0.15) is 18.2 Å². The Morgan fingerprint density at radius 3 is 2.45 bits per heavy atom. The van der Waals surface area contributed by atoms with Crippen LogP contribution in [0.4, 0.5) is 4.39 Å².